The Bertz CT molecular complexity index is 2840. The lowest BCUT2D eigenvalue weighted by molar-refractivity contribution is -1.09. The average molecular weight is 1320 g/mol. The number of ketones is 1. The highest BCUT2D eigenvalue weighted by Crippen LogP contribution is 2.61. The summed E-state index contributed by atoms with van der Waals surface area (Å²) < 4.78 is 81.8. The van der Waals surface area contributed by atoms with Crippen LogP contribution in [0.2, 0.25) is 0 Å². The van der Waals surface area contributed by atoms with Crippen molar-refractivity contribution in [1.29, 1.82) is 0 Å². The number of methoxy groups -OCH3 is 1. The van der Waals surface area contributed by atoms with E-state index < -0.39 is 209 Å². The molecule has 1 unspecified atom stereocenters. The van der Waals surface area contributed by atoms with Gasteiger partial charge in [-0.1, -0.05) is 50.6 Å². The molecule has 6 saturated heterocycles. The summed E-state index contributed by atoms with van der Waals surface area (Å²) in [6.07, 6.45) is -4.46. The van der Waals surface area contributed by atoms with E-state index in [-0.39, 0.29) is 50.4 Å². The molecule has 6 heterocycles. The third-order valence-corrected chi connectivity index (χ3v) is 22.2. The third kappa shape index (κ3) is 14.2. The summed E-state index contributed by atoms with van der Waals surface area (Å²) in [6, 6.07) is -1.02. The number of ether oxygens (including phenoxy) is 13. The Balaban J connectivity index is 0.902. The lowest BCUT2D eigenvalue weighted by atomic mass is 9.49. The first-order chi connectivity index (χ1) is 43.9. The van der Waals surface area contributed by atoms with Crippen LogP contribution in [0.3, 0.4) is 0 Å². The monoisotopic (exact) mass is 1320 g/mol. The van der Waals surface area contributed by atoms with Crippen molar-refractivity contribution in [2.45, 2.75) is 288 Å². The molecule has 0 radical (unpaired) electrons. The molecule has 10 aliphatic rings. The number of aliphatic hydroxyl groups is 4. The Labute approximate surface area is 543 Å². The first-order valence-electron chi connectivity index (χ1n) is 33.4. The van der Waals surface area contributed by atoms with E-state index in [1.165, 1.54) is 21.0 Å². The molecule has 8 fully saturated rings. The van der Waals surface area contributed by atoms with Crippen molar-refractivity contribution < 1.29 is 116 Å². The number of fused-ring (bicyclic) bond motifs is 4. The molecular weight excluding hydrogens is 1220 g/mol. The fourth-order valence-corrected chi connectivity index (χ4v) is 17.3. The molecule has 0 aromatic carbocycles. The van der Waals surface area contributed by atoms with Gasteiger partial charge in [0.1, 0.15) is 35.9 Å². The predicted molar refractivity (Wildman–Crippen MR) is 324 cm³/mol. The first-order valence-corrected chi connectivity index (χ1v) is 33.4. The van der Waals surface area contributed by atoms with Crippen LogP contribution in [-0.4, -0.2) is 197 Å². The zero-order valence-corrected chi connectivity index (χ0v) is 55.7. The van der Waals surface area contributed by atoms with Crippen molar-refractivity contribution in [2.24, 2.45) is 46.8 Å². The number of rotatable bonds is 14. The molecule has 31 atom stereocenters. The van der Waals surface area contributed by atoms with Crippen LogP contribution in [0.25, 0.3) is 0 Å². The van der Waals surface area contributed by atoms with E-state index in [1.54, 1.807) is 33.8 Å². The number of hydrogen-bond donors (Lipinski definition) is 7. The van der Waals surface area contributed by atoms with Gasteiger partial charge in [-0.25, -0.2) is 20.0 Å². The van der Waals surface area contributed by atoms with Crippen LogP contribution in [0.4, 0.5) is 4.79 Å². The Hall–Kier alpha value is -4.33. The Morgan fingerprint density at radius 1 is 0.699 bits per heavy atom. The second-order valence-electron chi connectivity index (χ2n) is 28.7. The zero-order chi connectivity index (χ0) is 67.5. The van der Waals surface area contributed by atoms with E-state index in [0.29, 0.717) is 44.0 Å². The summed E-state index contributed by atoms with van der Waals surface area (Å²) in [6.45, 7) is 21.3. The number of hydroxylamine groups is 2. The molecule has 26 nitrogen and oxygen atoms in total. The van der Waals surface area contributed by atoms with Crippen LogP contribution < -0.4 is 10.5 Å². The van der Waals surface area contributed by atoms with Crippen molar-refractivity contribution in [3.8, 4) is 0 Å². The maximum absolute atomic E-state index is 15.6. The molecule has 6 aliphatic heterocycles. The maximum atomic E-state index is 15.6. The molecule has 0 aromatic heterocycles. The number of aliphatic hydroxyl groups excluding tert-OH is 4. The standard InChI is InChI=1S/C67H100N2O24/c1-30-14-18-47(88-54-28-65(11,69(79)80)60(38(9)86-54)68-64(78)81-13)31(2)23-43-45(73)24-40(29-70)27-67(43)62(76)55(63(77)93-67)61(75)66(12)42(30)16-15-41-56(66)32(3)22-33(4)57(41)92-53-26-49(59(37(8)85-53)87-39(10)71)90-50-21-19-48(35(6)83-50)89-52-25-46(74)58(36(7)84-52)91-51-20-17-44(72)34(5)82-51/h14-16,23,29,32-38,40-54,56-60,69,72-75,79H,17-22,24-28H2,1-13H3,(H,68,78)/b30-14+,31-23+,61-55?/t32-,33+,34-,35-,36-,37-,38+,40-,41-,42-,43-,44+,45+,46-,47-,48+,49+,50+,51+,52+,53+,54+,56-,57-,58-,59-,60-,65+,66-,67-/m0/s1. The molecule has 0 aromatic rings. The Kier molecular flexibility index (Phi) is 22.0. The van der Waals surface area contributed by atoms with E-state index >= 15 is 4.79 Å². The van der Waals surface area contributed by atoms with Crippen molar-refractivity contribution in [3.63, 3.8) is 0 Å². The molecule has 1 spiro atoms. The van der Waals surface area contributed by atoms with Crippen LogP contribution >= 0.6 is 0 Å². The summed E-state index contributed by atoms with van der Waals surface area (Å²) >= 11 is 0. The van der Waals surface area contributed by atoms with E-state index in [0.717, 1.165) is 5.57 Å². The van der Waals surface area contributed by atoms with Crippen LogP contribution in [0.1, 0.15) is 154 Å². The number of Topliss-reactive ketones (excluding diaryl/α,β-unsaturated/α-hetero) is 1. The number of esters is 2. The van der Waals surface area contributed by atoms with Gasteiger partial charge in [-0.05, 0) is 111 Å². The molecular formula is C67H100N2O24. The number of nitrogens with one attached hydrogen (secondary N) is 2. The van der Waals surface area contributed by atoms with Crippen molar-refractivity contribution in [1.82, 2.24) is 5.32 Å². The number of alkyl carbamates (subject to hydrolysis) is 1. The third-order valence-electron chi connectivity index (χ3n) is 22.2. The lowest BCUT2D eigenvalue weighted by Crippen LogP contribution is -3.17. The van der Waals surface area contributed by atoms with Gasteiger partial charge < -0.3 is 97.3 Å². The van der Waals surface area contributed by atoms with Crippen LogP contribution in [0, 0.1) is 52.0 Å². The minimum atomic E-state index is -2.12. The van der Waals surface area contributed by atoms with E-state index in [2.05, 4.69) is 25.2 Å². The molecule has 10 rings (SSSR count). The number of allylic oxidation sites excluding steroid dienone is 3. The minimum Gasteiger partial charge on any atom is -0.600 e. The lowest BCUT2D eigenvalue weighted by Gasteiger charge is -2.56. The normalized spacial score (nSPS) is 48.6. The number of carbonyl (C=O) groups excluding carboxylic acids is 5. The second-order valence-corrected chi connectivity index (χ2v) is 28.7. The number of carbonyl (C=O) groups is 5. The van der Waals surface area contributed by atoms with Crippen molar-refractivity contribution in [2.75, 3.05) is 7.11 Å². The summed E-state index contributed by atoms with van der Waals surface area (Å²) in [7, 11) is 1.17. The maximum Gasteiger partial charge on any atom is 0.407 e. The Morgan fingerprint density at radius 2 is 1.33 bits per heavy atom. The van der Waals surface area contributed by atoms with Gasteiger partial charge in [0.05, 0.1) is 86.6 Å². The number of hydrogen-bond acceptors (Lipinski definition) is 24. The average Bonchev–Trinajstić information content (AvgIpc) is 1.68. The van der Waals surface area contributed by atoms with Crippen molar-refractivity contribution in [3.05, 3.63) is 52.0 Å². The topological polar surface area (TPSA) is 346 Å². The van der Waals surface area contributed by atoms with E-state index in [1.807, 2.05) is 39.8 Å². The molecule has 2 bridgehead atoms. The SMILES string of the molecule is COC(=O)N[C@H]1[C@@H](C)O[C@H](O[C@H]2C/C=C(\C)[C@@H]3C=C[C@@H]4[C@@H](O[C@@H]5C[C@@H](O[C@@H]6CC[C@@H](O[C@@H]7C[C@H](O)[C@@H](O[C@@H]8CC[C@@H](O)[C@H](C)O8)[C@H](C)O7)[C@H](C)O6)[C@@H](OC(C)=O)[C@H](C)O5)[C@H](C)C[C@H](C)[C@@H]4[C@@]3(C)C(O)=C3C(=O)O[C@]4(C[C@@H](C=O)C[C@@H](O)[C@@H]4/C=C/2C)C3=O)C[C@@]1(C)[NH+]([O-])O. The summed E-state index contributed by atoms with van der Waals surface area (Å²) in [5, 5.41) is 71.8. The highest BCUT2D eigenvalue weighted by molar-refractivity contribution is 6.26. The largest absolute Gasteiger partial charge is 0.600 e. The first kappa shape index (κ1) is 71.4. The summed E-state index contributed by atoms with van der Waals surface area (Å²) in [4.78, 5) is 68.2. The van der Waals surface area contributed by atoms with Crippen LogP contribution in [0.5, 0.6) is 0 Å². The molecule has 2 saturated carbocycles. The van der Waals surface area contributed by atoms with Gasteiger partial charge in [-0.15, -0.1) is 0 Å². The quantitative estimate of drug-likeness (QED) is 0.0302. The van der Waals surface area contributed by atoms with Crippen LogP contribution in [0.15, 0.2) is 46.8 Å². The number of aldehydes is 1. The Morgan fingerprint density at radius 3 is 1.99 bits per heavy atom. The fourth-order valence-electron chi connectivity index (χ4n) is 17.3. The highest BCUT2D eigenvalue weighted by atomic mass is 16.8. The highest BCUT2D eigenvalue weighted by Gasteiger charge is 2.66. The smallest absolute Gasteiger partial charge is 0.407 e. The van der Waals surface area contributed by atoms with E-state index in [4.69, 9.17) is 61.6 Å². The second kappa shape index (κ2) is 28.6. The number of amides is 1. The van der Waals surface area contributed by atoms with Gasteiger partial charge in [-0.2, -0.15) is 0 Å². The summed E-state index contributed by atoms with van der Waals surface area (Å²) in [5.74, 6) is -7.07. The van der Waals surface area contributed by atoms with Gasteiger partial charge in [-0.3, -0.25) is 9.59 Å². The molecule has 26 heteroatoms. The number of quaternary nitrogens is 1. The summed E-state index contributed by atoms with van der Waals surface area (Å²) in [5.41, 5.74) is -4.49. The van der Waals surface area contributed by atoms with Crippen molar-refractivity contribution >= 4 is 30.1 Å². The van der Waals surface area contributed by atoms with Gasteiger partial charge in [0.2, 0.25) is 5.78 Å². The minimum absolute atomic E-state index is 0.0579. The van der Waals surface area contributed by atoms with Gasteiger partial charge in [0.15, 0.2) is 48.7 Å². The molecule has 93 heavy (non-hydrogen) atoms. The molecule has 7 N–H and O–H groups in total. The van der Waals surface area contributed by atoms with Crippen LogP contribution in [-0.2, 0) is 80.8 Å². The zero-order valence-electron chi connectivity index (χ0n) is 55.7. The molecule has 1 amide bonds. The fraction of sp³-hybridized carbons (Fsp3) is 0.806. The van der Waals surface area contributed by atoms with E-state index in [9.17, 15) is 50.0 Å². The van der Waals surface area contributed by atoms with Gasteiger partial charge in [0, 0.05) is 62.2 Å². The predicted octanol–water partition coefficient (Wildman–Crippen LogP) is 4.94. The van der Waals surface area contributed by atoms with Gasteiger partial charge in [0.25, 0.3) is 0 Å². The van der Waals surface area contributed by atoms with Gasteiger partial charge >= 0.3 is 18.0 Å². The molecule has 522 valence electrons. The molecule has 4 aliphatic carbocycles.